The van der Waals surface area contributed by atoms with E-state index in [1.54, 1.807) is 24.0 Å². The minimum atomic E-state index is -0.626. The number of aliphatic hydroxyl groups is 1. The van der Waals surface area contributed by atoms with Crippen molar-refractivity contribution in [3.8, 4) is 11.5 Å². The van der Waals surface area contributed by atoms with Gasteiger partial charge in [-0.2, -0.15) is 0 Å². The van der Waals surface area contributed by atoms with E-state index in [9.17, 15) is 14.3 Å². The van der Waals surface area contributed by atoms with Gasteiger partial charge < -0.3 is 24.6 Å². The molecule has 4 rings (SSSR count). The SMILES string of the molecule is C[C@@H](O)CN(CCOc1cc2ncnc(Nc3ccc(F)c(Cl)c3)c2cc1OCC1CC1)CC(=O)OC(C)(C)C. The fourth-order valence-corrected chi connectivity index (χ4v) is 4.22. The lowest BCUT2D eigenvalue weighted by Crippen LogP contribution is -2.40. The number of nitrogens with one attached hydrogen (secondary N) is 1. The van der Waals surface area contributed by atoms with Crippen LogP contribution >= 0.6 is 11.6 Å². The highest BCUT2D eigenvalue weighted by Crippen LogP contribution is 2.37. The number of fused-ring (bicyclic) bond motifs is 1. The molecule has 0 amide bonds. The molecule has 1 heterocycles. The number of aromatic nitrogens is 2. The number of anilines is 2. The Morgan fingerprint density at radius 3 is 2.62 bits per heavy atom. The quantitative estimate of drug-likeness (QED) is 0.261. The summed E-state index contributed by atoms with van der Waals surface area (Å²) >= 11 is 5.95. The molecule has 3 aromatic rings. The van der Waals surface area contributed by atoms with E-state index in [0.717, 1.165) is 12.8 Å². The summed E-state index contributed by atoms with van der Waals surface area (Å²) in [5.74, 6) is 1.21. The zero-order valence-electron chi connectivity index (χ0n) is 23.2. The van der Waals surface area contributed by atoms with Crippen molar-refractivity contribution < 1.29 is 28.5 Å². The molecule has 2 N–H and O–H groups in total. The molecule has 0 bridgehead atoms. The third kappa shape index (κ3) is 8.90. The second-order valence-corrected chi connectivity index (χ2v) is 11.5. The van der Waals surface area contributed by atoms with Gasteiger partial charge in [-0.15, -0.1) is 0 Å². The summed E-state index contributed by atoms with van der Waals surface area (Å²) in [6.45, 7) is 8.63. The van der Waals surface area contributed by atoms with Gasteiger partial charge in [0.15, 0.2) is 11.5 Å². The number of halogens is 2. The van der Waals surface area contributed by atoms with Gasteiger partial charge in [0.05, 0.1) is 29.8 Å². The Morgan fingerprint density at radius 2 is 1.95 bits per heavy atom. The normalized spacial score (nSPS) is 14.3. The highest BCUT2D eigenvalue weighted by molar-refractivity contribution is 6.31. The lowest BCUT2D eigenvalue weighted by molar-refractivity contribution is -0.156. The summed E-state index contributed by atoms with van der Waals surface area (Å²) in [6, 6.07) is 7.97. The molecule has 1 aliphatic rings. The van der Waals surface area contributed by atoms with Crippen LogP contribution in [-0.2, 0) is 9.53 Å². The Hall–Kier alpha value is -3.21. The molecule has 1 atom stereocenters. The van der Waals surface area contributed by atoms with Crippen LogP contribution in [0.2, 0.25) is 5.02 Å². The molecule has 11 heteroatoms. The standard InChI is InChI=1S/C29H36ClFN4O5/c1-18(36)14-35(15-27(37)40-29(2,3)4)9-10-38-26-13-24-21(12-25(26)39-16-19-5-6-19)28(33-17-32-24)34-20-7-8-23(31)22(30)11-20/h7-8,11-13,17-19,36H,5-6,9-10,14-16H2,1-4H3,(H,32,33,34)/t18-/m1/s1. The zero-order chi connectivity index (χ0) is 28.9. The molecule has 1 aliphatic carbocycles. The lowest BCUT2D eigenvalue weighted by Gasteiger charge is -2.26. The van der Waals surface area contributed by atoms with E-state index in [-0.39, 0.29) is 24.1 Å². The van der Waals surface area contributed by atoms with Gasteiger partial charge in [0.1, 0.15) is 30.2 Å². The predicted octanol–water partition coefficient (Wildman–Crippen LogP) is 5.36. The fraction of sp³-hybridized carbons (Fsp3) is 0.483. The van der Waals surface area contributed by atoms with Crippen molar-refractivity contribution in [2.45, 2.75) is 52.2 Å². The Bertz CT molecular complexity index is 1330. The minimum absolute atomic E-state index is 0.00353. The summed E-state index contributed by atoms with van der Waals surface area (Å²) in [4.78, 5) is 23.0. The van der Waals surface area contributed by atoms with Crippen molar-refractivity contribution in [1.29, 1.82) is 0 Å². The number of esters is 1. The van der Waals surface area contributed by atoms with Crippen LogP contribution < -0.4 is 14.8 Å². The second kappa shape index (κ2) is 13.0. The summed E-state index contributed by atoms with van der Waals surface area (Å²) in [6.07, 6.45) is 3.06. The third-order valence-corrected chi connectivity index (χ3v) is 6.30. The molecule has 0 aliphatic heterocycles. The molecule has 216 valence electrons. The van der Waals surface area contributed by atoms with Gasteiger partial charge in [0.25, 0.3) is 0 Å². The minimum Gasteiger partial charge on any atom is -0.489 e. The van der Waals surface area contributed by atoms with Gasteiger partial charge >= 0.3 is 5.97 Å². The molecule has 0 spiro atoms. The number of hydrogen-bond acceptors (Lipinski definition) is 9. The molecule has 0 saturated heterocycles. The van der Waals surface area contributed by atoms with Crippen LogP contribution in [0.5, 0.6) is 11.5 Å². The van der Waals surface area contributed by atoms with Crippen molar-refractivity contribution in [1.82, 2.24) is 14.9 Å². The average molecular weight is 575 g/mol. The van der Waals surface area contributed by atoms with Crippen LogP contribution in [0.15, 0.2) is 36.7 Å². The highest BCUT2D eigenvalue weighted by atomic mass is 35.5. The van der Waals surface area contributed by atoms with Crippen LogP contribution in [-0.4, -0.2) is 70.5 Å². The second-order valence-electron chi connectivity index (χ2n) is 11.1. The summed E-state index contributed by atoms with van der Waals surface area (Å²) < 4.78 is 31.4. The van der Waals surface area contributed by atoms with E-state index in [2.05, 4.69) is 15.3 Å². The average Bonchev–Trinajstić information content (AvgIpc) is 3.68. The smallest absolute Gasteiger partial charge is 0.320 e. The number of aliphatic hydroxyl groups excluding tert-OH is 1. The van der Waals surface area contributed by atoms with Gasteiger partial charge in [0, 0.05) is 30.2 Å². The molecule has 0 radical (unpaired) electrons. The van der Waals surface area contributed by atoms with Crippen LogP contribution in [0.25, 0.3) is 10.9 Å². The molecule has 9 nitrogen and oxygen atoms in total. The Labute approximate surface area is 238 Å². The van der Waals surface area contributed by atoms with Crippen molar-refractivity contribution in [2.75, 3.05) is 38.2 Å². The molecule has 1 saturated carbocycles. The first-order chi connectivity index (χ1) is 19.0. The number of hydrogen-bond donors (Lipinski definition) is 2. The van der Waals surface area contributed by atoms with Gasteiger partial charge in [-0.3, -0.25) is 9.69 Å². The first-order valence-electron chi connectivity index (χ1n) is 13.4. The highest BCUT2D eigenvalue weighted by Gasteiger charge is 2.24. The maximum atomic E-state index is 13.6. The first kappa shape index (κ1) is 29.8. The van der Waals surface area contributed by atoms with E-state index in [1.807, 2.05) is 26.8 Å². The Morgan fingerprint density at radius 1 is 1.20 bits per heavy atom. The van der Waals surface area contributed by atoms with E-state index >= 15 is 0 Å². The topological polar surface area (TPSA) is 106 Å². The predicted molar refractivity (Wildman–Crippen MR) is 152 cm³/mol. The number of rotatable bonds is 13. The summed E-state index contributed by atoms with van der Waals surface area (Å²) in [7, 11) is 0. The van der Waals surface area contributed by atoms with Crippen molar-refractivity contribution >= 4 is 40.0 Å². The fourth-order valence-electron chi connectivity index (χ4n) is 4.04. The number of benzene rings is 2. The van der Waals surface area contributed by atoms with Gasteiger partial charge in [-0.05, 0) is 70.7 Å². The van der Waals surface area contributed by atoms with Crippen LogP contribution in [0.3, 0.4) is 0 Å². The third-order valence-electron chi connectivity index (χ3n) is 6.01. The van der Waals surface area contributed by atoms with Crippen LogP contribution in [0.1, 0.15) is 40.5 Å². The van der Waals surface area contributed by atoms with Crippen molar-refractivity contribution in [3.63, 3.8) is 0 Å². The molecule has 1 aromatic heterocycles. The molecule has 1 fully saturated rings. The molecule has 40 heavy (non-hydrogen) atoms. The van der Waals surface area contributed by atoms with E-state index in [4.69, 9.17) is 25.8 Å². The first-order valence-corrected chi connectivity index (χ1v) is 13.7. The van der Waals surface area contributed by atoms with Gasteiger partial charge in [-0.1, -0.05) is 11.6 Å². The number of ether oxygens (including phenoxy) is 3. The van der Waals surface area contributed by atoms with E-state index in [0.29, 0.717) is 59.5 Å². The van der Waals surface area contributed by atoms with Crippen molar-refractivity contribution in [2.24, 2.45) is 5.92 Å². The monoisotopic (exact) mass is 574 g/mol. The molecule has 2 aromatic carbocycles. The van der Waals surface area contributed by atoms with E-state index in [1.165, 1.54) is 18.5 Å². The number of carbonyl (C=O) groups excluding carboxylic acids is 1. The summed E-state index contributed by atoms with van der Waals surface area (Å²) in [5, 5.41) is 13.8. The molecular weight excluding hydrogens is 539 g/mol. The lowest BCUT2D eigenvalue weighted by atomic mass is 10.2. The summed E-state index contributed by atoms with van der Waals surface area (Å²) in [5.41, 5.74) is 0.603. The maximum absolute atomic E-state index is 13.6. The van der Waals surface area contributed by atoms with Crippen LogP contribution in [0, 0.1) is 11.7 Å². The Balaban J connectivity index is 1.52. The molecular formula is C29H36ClFN4O5. The number of carbonyl (C=O) groups is 1. The number of nitrogens with zero attached hydrogens (tertiary/aromatic N) is 3. The van der Waals surface area contributed by atoms with Gasteiger partial charge in [0.2, 0.25) is 0 Å². The van der Waals surface area contributed by atoms with Crippen LogP contribution in [0.4, 0.5) is 15.9 Å². The maximum Gasteiger partial charge on any atom is 0.320 e. The van der Waals surface area contributed by atoms with Gasteiger partial charge in [-0.25, -0.2) is 14.4 Å². The Kier molecular flexibility index (Phi) is 9.65. The largest absolute Gasteiger partial charge is 0.489 e. The van der Waals surface area contributed by atoms with E-state index < -0.39 is 17.5 Å². The zero-order valence-corrected chi connectivity index (χ0v) is 24.0. The molecule has 0 unspecified atom stereocenters. The van der Waals surface area contributed by atoms with Crippen molar-refractivity contribution in [3.05, 3.63) is 47.5 Å².